The highest BCUT2D eigenvalue weighted by Gasteiger charge is 2.68. The Labute approximate surface area is 188 Å². The predicted molar refractivity (Wildman–Crippen MR) is 125 cm³/mol. The van der Waals surface area contributed by atoms with Gasteiger partial charge in [0, 0.05) is 17.2 Å². The van der Waals surface area contributed by atoms with Crippen LogP contribution in [0.15, 0.2) is 30.3 Å². The standard InChI is InChI=1S/C24H38B2O5/c1-10-24(25-28-20(2,3)21(4,5)29-25,26-30-22(6,7)23(8,9)31-26)17-16-19(27)18-14-12-11-13-15-18/h11-15H,10,16-17H2,1-9H3. The van der Waals surface area contributed by atoms with Gasteiger partial charge in [0.15, 0.2) is 5.78 Å². The molecule has 2 fully saturated rings. The van der Waals surface area contributed by atoms with Gasteiger partial charge in [-0.25, -0.2) is 0 Å². The van der Waals surface area contributed by atoms with Gasteiger partial charge in [-0.15, -0.1) is 0 Å². The van der Waals surface area contributed by atoms with E-state index in [0.717, 1.165) is 5.56 Å². The summed E-state index contributed by atoms with van der Waals surface area (Å²) in [5.74, 6) is 0.103. The Balaban J connectivity index is 1.94. The fourth-order valence-corrected chi connectivity index (χ4v) is 4.13. The lowest BCUT2D eigenvalue weighted by atomic mass is 9.36. The molecule has 170 valence electrons. The van der Waals surface area contributed by atoms with E-state index >= 15 is 0 Å². The lowest BCUT2D eigenvalue weighted by molar-refractivity contribution is 0.00578. The van der Waals surface area contributed by atoms with E-state index in [2.05, 4.69) is 6.92 Å². The predicted octanol–water partition coefficient (Wildman–Crippen LogP) is 5.52. The van der Waals surface area contributed by atoms with Crippen molar-refractivity contribution in [3.8, 4) is 0 Å². The lowest BCUT2D eigenvalue weighted by Crippen LogP contribution is -2.49. The first-order valence-corrected chi connectivity index (χ1v) is 11.5. The smallest absolute Gasteiger partial charge is 0.403 e. The molecule has 0 bridgehead atoms. The van der Waals surface area contributed by atoms with Crippen molar-refractivity contribution >= 4 is 20.0 Å². The Bertz CT molecular complexity index is 735. The van der Waals surface area contributed by atoms with Crippen molar-refractivity contribution < 1.29 is 23.4 Å². The highest BCUT2D eigenvalue weighted by Crippen LogP contribution is 2.55. The molecular formula is C24H38B2O5. The average molecular weight is 428 g/mol. The van der Waals surface area contributed by atoms with Crippen LogP contribution < -0.4 is 0 Å². The number of benzene rings is 1. The van der Waals surface area contributed by atoms with Crippen LogP contribution in [-0.4, -0.2) is 42.4 Å². The van der Waals surface area contributed by atoms with Crippen molar-refractivity contribution in [2.75, 3.05) is 0 Å². The number of hydrogen-bond acceptors (Lipinski definition) is 5. The second-order valence-electron chi connectivity index (χ2n) is 11.1. The zero-order valence-corrected chi connectivity index (χ0v) is 20.7. The third-order valence-corrected chi connectivity index (χ3v) is 8.02. The molecule has 1 aromatic rings. The lowest BCUT2D eigenvalue weighted by Gasteiger charge is -2.36. The van der Waals surface area contributed by atoms with E-state index in [1.54, 1.807) is 0 Å². The number of Topliss-reactive ketones (excluding diaryl/α,β-unsaturated/α-hetero) is 1. The molecule has 7 heteroatoms. The molecular weight excluding hydrogens is 390 g/mol. The molecule has 5 nitrogen and oxygen atoms in total. The number of hydrogen-bond donors (Lipinski definition) is 0. The molecule has 2 aliphatic rings. The summed E-state index contributed by atoms with van der Waals surface area (Å²) in [7, 11) is -1.08. The van der Waals surface area contributed by atoms with Gasteiger partial charge in [-0.2, -0.15) is 0 Å². The molecule has 0 amide bonds. The molecule has 1 aromatic carbocycles. The Kier molecular flexibility index (Phi) is 6.34. The first kappa shape index (κ1) is 24.5. The molecule has 31 heavy (non-hydrogen) atoms. The molecule has 0 atom stereocenters. The van der Waals surface area contributed by atoms with Gasteiger partial charge in [0.2, 0.25) is 0 Å². The van der Waals surface area contributed by atoms with Crippen LogP contribution >= 0.6 is 0 Å². The molecule has 2 heterocycles. The Morgan fingerprint density at radius 2 is 1.16 bits per heavy atom. The number of rotatable bonds is 7. The van der Waals surface area contributed by atoms with Crippen molar-refractivity contribution in [3.63, 3.8) is 0 Å². The van der Waals surface area contributed by atoms with Crippen LogP contribution in [-0.2, 0) is 18.6 Å². The van der Waals surface area contributed by atoms with Gasteiger partial charge >= 0.3 is 14.2 Å². The van der Waals surface area contributed by atoms with E-state index in [1.807, 2.05) is 85.7 Å². The highest BCUT2D eigenvalue weighted by atomic mass is 16.7. The van der Waals surface area contributed by atoms with E-state index < -0.39 is 41.9 Å². The second-order valence-corrected chi connectivity index (χ2v) is 11.1. The maximum atomic E-state index is 13.0. The Hall–Kier alpha value is -1.14. The molecule has 2 aliphatic heterocycles. The van der Waals surface area contributed by atoms with E-state index in [0.29, 0.717) is 19.3 Å². The summed E-state index contributed by atoms with van der Waals surface area (Å²) < 4.78 is 26.1. The van der Waals surface area contributed by atoms with Crippen LogP contribution in [0.5, 0.6) is 0 Å². The molecule has 0 unspecified atom stereocenters. The van der Waals surface area contributed by atoms with Gasteiger partial charge in [-0.05, 0) is 61.8 Å². The molecule has 0 aliphatic carbocycles. The normalized spacial score (nSPS) is 23.9. The minimum atomic E-state index is -0.624. The molecule has 0 N–H and O–H groups in total. The third kappa shape index (κ3) is 4.27. The van der Waals surface area contributed by atoms with Crippen molar-refractivity contribution in [2.45, 2.75) is 109 Å². The quantitative estimate of drug-likeness (QED) is 0.423. The minimum absolute atomic E-state index is 0.103. The number of carbonyl (C=O) groups is 1. The van der Waals surface area contributed by atoms with Crippen LogP contribution in [0.25, 0.3) is 0 Å². The zero-order chi connectivity index (χ0) is 23.3. The van der Waals surface area contributed by atoms with Crippen molar-refractivity contribution in [3.05, 3.63) is 35.9 Å². The number of carbonyl (C=O) groups excluding carboxylic acids is 1. The maximum absolute atomic E-state index is 13.0. The first-order valence-electron chi connectivity index (χ1n) is 11.5. The Morgan fingerprint density at radius 1 is 0.774 bits per heavy atom. The van der Waals surface area contributed by atoms with Crippen LogP contribution in [0.2, 0.25) is 5.21 Å². The maximum Gasteiger partial charge on any atom is 0.462 e. The fraction of sp³-hybridized carbons (Fsp3) is 0.708. The van der Waals surface area contributed by atoms with Crippen LogP contribution in [0.4, 0.5) is 0 Å². The van der Waals surface area contributed by atoms with E-state index in [-0.39, 0.29) is 5.78 Å². The number of ketones is 1. The van der Waals surface area contributed by atoms with Gasteiger partial charge in [0.25, 0.3) is 0 Å². The van der Waals surface area contributed by atoms with Crippen LogP contribution in [0, 0.1) is 0 Å². The summed E-state index contributed by atoms with van der Waals surface area (Å²) in [5.41, 5.74) is -1.21. The molecule has 0 saturated carbocycles. The molecule has 0 spiro atoms. The van der Waals surface area contributed by atoms with Crippen molar-refractivity contribution in [2.24, 2.45) is 0 Å². The summed E-state index contributed by atoms with van der Waals surface area (Å²) >= 11 is 0. The third-order valence-electron chi connectivity index (χ3n) is 8.02. The minimum Gasteiger partial charge on any atom is -0.403 e. The fourth-order valence-electron chi connectivity index (χ4n) is 4.13. The second kappa shape index (κ2) is 8.02. The summed E-state index contributed by atoms with van der Waals surface area (Å²) in [5, 5.41) is -0.624. The van der Waals surface area contributed by atoms with Gasteiger partial charge in [0.1, 0.15) is 0 Å². The van der Waals surface area contributed by atoms with Gasteiger partial charge in [-0.1, -0.05) is 43.7 Å². The summed E-state index contributed by atoms with van der Waals surface area (Å²) in [4.78, 5) is 13.0. The molecule has 3 rings (SSSR count). The van der Waals surface area contributed by atoms with Gasteiger partial charge in [-0.3, -0.25) is 4.79 Å². The highest BCUT2D eigenvalue weighted by molar-refractivity contribution is 6.71. The summed E-state index contributed by atoms with van der Waals surface area (Å²) in [6, 6.07) is 9.42. The topological polar surface area (TPSA) is 54.0 Å². The molecule has 2 saturated heterocycles. The van der Waals surface area contributed by atoms with Gasteiger partial charge in [0.05, 0.1) is 22.4 Å². The molecule has 0 aromatic heterocycles. The van der Waals surface area contributed by atoms with E-state index in [9.17, 15) is 4.79 Å². The molecule has 0 radical (unpaired) electrons. The largest absolute Gasteiger partial charge is 0.462 e. The zero-order valence-electron chi connectivity index (χ0n) is 20.7. The van der Waals surface area contributed by atoms with E-state index in [4.69, 9.17) is 18.6 Å². The Morgan fingerprint density at radius 3 is 1.52 bits per heavy atom. The van der Waals surface area contributed by atoms with Crippen molar-refractivity contribution in [1.82, 2.24) is 0 Å². The SMILES string of the molecule is CCC(CCC(=O)c1ccccc1)(B1OC(C)(C)C(C)(C)O1)B1OC(C)(C)C(C)(C)O1. The monoisotopic (exact) mass is 428 g/mol. The van der Waals surface area contributed by atoms with E-state index in [1.165, 1.54) is 0 Å². The average Bonchev–Trinajstić information content (AvgIpc) is 3.03. The van der Waals surface area contributed by atoms with Crippen molar-refractivity contribution in [1.29, 1.82) is 0 Å². The summed E-state index contributed by atoms with van der Waals surface area (Å²) in [6.45, 7) is 18.5. The van der Waals surface area contributed by atoms with Gasteiger partial charge < -0.3 is 18.6 Å². The first-order chi connectivity index (χ1) is 14.2. The summed E-state index contributed by atoms with van der Waals surface area (Å²) in [6.07, 6.45) is 1.61. The van der Waals surface area contributed by atoms with Crippen LogP contribution in [0.3, 0.4) is 0 Å². The van der Waals surface area contributed by atoms with Crippen LogP contribution in [0.1, 0.15) is 91.9 Å².